The van der Waals surface area contributed by atoms with E-state index in [0.29, 0.717) is 13.0 Å². The van der Waals surface area contributed by atoms with E-state index in [1.807, 2.05) is 19.9 Å². The van der Waals surface area contributed by atoms with Crippen molar-refractivity contribution in [3.8, 4) is 0 Å². The topological polar surface area (TPSA) is 196 Å². The number of benzene rings is 1. The number of imidazole rings is 1. The molecule has 51 heavy (non-hydrogen) atoms. The van der Waals surface area contributed by atoms with Crippen LogP contribution in [0, 0.1) is 11.8 Å². The number of carbonyl (C=O) groups excluding carboxylic acids is 6. The summed E-state index contributed by atoms with van der Waals surface area (Å²) in [6, 6.07) is 5.95. The molecule has 4 atom stereocenters. The second-order valence-electron chi connectivity index (χ2n) is 13.6. The summed E-state index contributed by atoms with van der Waals surface area (Å²) in [5.74, 6) is -2.41. The molecule has 4 amide bonds. The molecule has 1 aliphatic heterocycles. The van der Waals surface area contributed by atoms with E-state index in [4.69, 9.17) is 14.2 Å². The molecule has 15 heteroatoms. The lowest BCUT2D eigenvalue weighted by molar-refractivity contribution is -0.137. The molecule has 2 heterocycles. The van der Waals surface area contributed by atoms with Gasteiger partial charge in [-0.1, -0.05) is 50.3 Å². The monoisotopic (exact) mass is 710 g/mol. The van der Waals surface area contributed by atoms with Crippen LogP contribution in [0.15, 0.2) is 55.0 Å². The van der Waals surface area contributed by atoms with Gasteiger partial charge in [-0.25, -0.2) is 23.9 Å². The van der Waals surface area contributed by atoms with E-state index in [9.17, 15) is 28.8 Å². The quantitative estimate of drug-likeness (QED) is 0.114. The minimum absolute atomic E-state index is 0.0399. The summed E-state index contributed by atoms with van der Waals surface area (Å²) in [5.41, 5.74) is 0.269. The van der Waals surface area contributed by atoms with Gasteiger partial charge in [-0.05, 0) is 58.4 Å². The highest BCUT2D eigenvalue weighted by atomic mass is 16.6. The number of esters is 1. The minimum atomic E-state index is -1.26. The van der Waals surface area contributed by atoms with Crippen LogP contribution in [-0.4, -0.2) is 82.3 Å². The number of aromatic nitrogens is 2. The standard InChI is InChI=1S/C36H50N6O9/c1-7-49-30(43)14-13-26(18-25-15-16-37-31(25)44)39-32(45)28(17-23(2)3)40-33(46)29(41-34(47)50-21-24-11-9-8-10-12-24)19-27-20-42(22-38-27)35(48)51-36(4,5)6/h8-14,20,22-23,25-26,28-29H,7,15-19,21H2,1-6H3,(H,37,44)(H,39,45)(H,40,46)(H,41,47)/b14-13+/t25-,26+,28-,29-/m0/s1. The van der Waals surface area contributed by atoms with Gasteiger partial charge in [0, 0.05) is 37.2 Å². The molecule has 2 aromatic rings. The first-order chi connectivity index (χ1) is 24.1. The molecule has 278 valence electrons. The van der Waals surface area contributed by atoms with Gasteiger partial charge >= 0.3 is 18.2 Å². The number of carbonyl (C=O) groups is 6. The Morgan fingerprint density at radius 3 is 2.35 bits per heavy atom. The molecule has 0 saturated carbocycles. The summed E-state index contributed by atoms with van der Waals surface area (Å²) in [4.78, 5) is 81.7. The average molecular weight is 711 g/mol. The number of amides is 4. The van der Waals surface area contributed by atoms with Crippen LogP contribution in [0.3, 0.4) is 0 Å². The summed E-state index contributed by atoms with van der Waals surface area (Å²) < 4.78 is 16.9. The fraction of sp³-hybridized carbons (Fsp3) is 0.528. The van der Waals surface area contributed by atoms with Gasteiger partial charge in [0.2, 0.25) is 17.7 Å². The molecule has 0 aliphatic carbocycles. The van der Waals surface area contributed by atoms with Crippen LogP contribution in [0.4, 0.5) is 9.59 Å². The molecular formula is C36H50N6O9. The fourth-order valence-electron chi connectivity index (χ4n) is 5.21. The van der Waals surface area contributed by atoms with Crippen molar-refractivity contribution in [2.45, 2.75) is 97.6 Å². The summed E-state index contributed by atoms with van der Waals surface area (Å²) in [7, 11) is 0. The average Bonchev–Trinajstić information content (AvgIpc) is 3.70. The molecule has 0 radical (unpaired) electrons. The van der Waals surface area contributed by atoms with Gasteiger partial charge in [-0.3, -0.25) is 14.4 Å². The molecule has 0 spiro atoms. The van der Waals surface area contributed by atoms with Gasteiger partial charge in [0.05, 0.1) is 12.3 Å². The smallest absolute Gasteiger partial charge is 0.419 e. The lowest BCUT2D eigenvalue weighted by Gasteiger charge is -2.26. The Morgan fingerprint density at radius 1 is 1.02 bits per heavy atom. The van der Waals surface area contributed by atoms with Crippen LogP contribution in [0.1, 0.15) is 72.1 Å². The third kappa shape index (κ3) is 14.3. The Labute approximate surface area is 298 Å². The molecule has 3 rings (SSSR count). The third-order valence-electron chi connectivity index (χ3n) is 7.60. The molecule has 4 N–H and O–H groups in total. The van der Waals surface area contributed by atoms with Gasteiger partial charge in [0.1, 0.15) is 30.6 Å². The molecule has 1 aromatic heterocycles. The predicted octanol–water partition coefficient (Wildman–Crippen LogP) is 3.17. The van der Waals surface area contributed by atoms with Crippen LogP contribution in [0.25, 0.3) is 0 Å². The summed E-state index contributed by atoms with van der Waals surface area (Å²) >= 11 is 0. The van der Waals surface area contributed by atoms with Crippen LogP contribution >= 0.6 is 0 Å². The highest BCUT2D eigenvalue weighted by Gasteiger charge is 2.32. The van der Waals surface area contributed by atoms with E-state index in [-0.39, 0.29) is 55.9 Å². The van der Waals surface area contributed by atoms with Crippen molar-refractivity contribution in [2.75, 3.05) is 13.2 Å². The molecule has 1 fully saturated rings. The van der Waals surface area contributed by atoms with Crippen LogP contribution in [-0.2, 0) is 46.4 Å². The SMILES string of the molecule is CCOC(=O)/C=C/[C@H](C[C@@H]1CCNC1=O)NC(=O)[C@H](CC(C)C)NC(=O)[C@H](Cc1cn(C(=O)OC(C)(C)C)cn1)NC(=O)OCc1ccccc1. The normalized spacial score (nSPS) is 16.1. The first-order valence-corrected chi connectivity index (χ1v) is 17.1. The summed E-state index contributed by atoms with van der Waals surface area (Å²) in [6.45, 7) is 11.2. The largest absolute Gasteiger partial charge is 0.463 e. The second-order valence-corrected chi connectivity index (χ2v) is 13.6. The zero-order valence-electron chi connectivity index (χ0n) is 30.1. The van der Waals surface area contributed by atoms with Crippen molar-refractivity contribution in [1.82, 2.24) is 30.8 Å². The Morgan fingerprint density at radius 2 is 1.73 bits per heavy atom. The number of alkyl carbamates (subject to hydrolysis) is 1. The Kier molecular flexibility index (Phi) is 15.2. The maximum Gasteiger partial charge on any atom is 0.419 e. The zero-order valence-corrected chi connectivity index (χ0v) is 30.1. The maximum absolute atomic E-state index is 13.9. The Hall–Kier alpha value is -5.21. The minimum Gasteiger partial charge on any atom is -0.463 e. The van der Waals surface area contributed by atoms with E-state index in [0.717, 1.165) is 10.1 Å². The van der Waals surface area contributed by atoms with E-state index >= 15 is 0 Å². The Bertz CT molecular complexity index is 1530. The summed E-state index contributed by atoms with van der Waals surface area (Å²) in [5, 5.41) is 11.0. The van der Waals surface area contributed by atoms with E-state index < -0.39 is 53.7 Å². The zero-order chi connectivity index (χ0) is 37.6. The summed E-state index contributed by atoms with van der Waals surface area (Å²) in [6.07, 6.45) is 4.64. The lowest BCUT2D eigenvalue weighted by atomic mass is 9.96. The van der Waals surface area contributed by atoms with E-state index in [1.165, 1.54) is 24.7 Å². The molecule has 1 saturated heterocycles. The van der Waals surface area contributed by atoms with Crippen molar-refractivity contribution in [1.29, 1.82) is 0 Å². The van der Waals surface area contributed by atoms with Crippen LogP contribution in [0.2, 0.25) is 0 Å². The van der Waals surface area contributed by atoms with Gasteiger partial charge in [0.15, 0.2) is 0 Å². The number of ether oxygens (including phenoxy) is 3. The lowest BCUT2D eigenvalue weighted by Crippen LogP contribution is -2.55. The van der Waals surface area contributed by atoms with Gasteiger partial charge in [-0.2, -0.15) is 0 Å². The number of rotatable bonds is 16. The molecule has 1 aromatic carbocycles. The molecular weight excluding hydrogens is 660 g/mol. The molecule has 0 unspecified atom stereocenters. The van der Waals surface area contributed by atoms with Crippen molar-refractivity contribution in [3.63, 3.8) is 0 Å². The number of hydrogen-bond donors (Lipinski definition) is 4. The third-order valence-corrected chi connectivity index (χ3v) is 7.60. The number of nitrogens with one attached hydrogen (secondary N) is 4. The highest BCUT2D eigenvalue weighted by Crippen LogP contribution is 2.18. The molecule has 15 nitrogen and oxygen atoms in total. The number of hydrogen-bond acceptors (Lipinski definition) is 10. The van der Waals surface area contributed by atoms with E-state index in [1.54, 1.807) is 52.0 Å². The van der Waals surface area contributed by atoms with Gasteiger partial charge in [0.25, 0.3) is 0 Å². The maximum atomic E-state index is 13.9. The first-order valence-electron chi connectivity index (χ1n) is 17.1. The van der Waals surface area contributed by atoms with Crippen LogP contribution in [0.5, 0.6) is 0 Å². The van der Waals surface area contributed by atoms with Gasteiger partial charge in [-0.15, -0.1) is 0 Å². The predicted molar refractivity (Wildman–Crippen MR) is 186 cm³/mol. The molecule has 1 aliphatic rings. The number of nitrogens with zero attached hydrogens (tertiary/aromatic N) is 2. The first kappa shape index (κ1) is 40.2. The Balaban J connectivity index is 1.81. The van der Waals surface area contributed by atoms with Crippen molar-refractivity contribution < 1.29 is 43.0 Å². The van der Waals surface area contributed by atoms with Crippen molar-refractivity contribution in [3.05, 3.63) is 66.3 Å². The van der Waals surface area contributed by atoms with Gasteiger partial charge < -0.3 is 35.5 Å². The molecule has 0 bridgehead atoms. The van der Waals surface area contributed by atoms with E-state index in [2.05, 4.69) is 26.3 Å². The van der Waals surface area contributed by atoms with Crippen molar-refractivity contribution in [2.24, 2.45) is 11.8 Å². The highest BCUT2D eigenvalue weighted by molar-refractivity contribution is 5.92. The fourth-order valence-corrected chi connectivity index (χ4v) is 5.21. The van der Waals surface area contributed by atoms with Crippen LogP contribution < -0.4 is 21.3 Å². The second kappa shape index (κ2) is 19.3. The van der Waals surface area contributed by atoms with Crippen molar-refractivity contribution >= 4 is 35.9 Å².